The van der Waals surface area contributed by atoms with Crippen molar-refractivity contribution in [1.29, 1.82) is 0 Å². The van der Waals surface area contributed by atoms with Crippen LogP contribution in [-0.4, -0.2) is 34.0 Å². The van der Waals surface area contributed by atoms with Crippen LogP contribution in [0.15, 0.2) is 73.1 Å². The van der Waals surface area contributed by atoms with Gasteiger partial charge in [-0.1, -0.05) is 48.6 Å². The van der Waals surface area contributed by atoms with Gasteiger partial charge in [-0.3, -0.25) is 9.78 Å². The third-order valence-electron chi connectivity index (χ3n) is 6.19. The van der Waals surface area contributed by atoms with E-state index in [-0.39, 0.29) is 17.1 Å². The number of benzene rings is 2. The van der Waals surface area contributed by atoms with Crippen molar-refractivity contribution in [2.24, 2.45) is 0 Å². The Labute approximate surface area is 170 Å². The molecule has 1 saturated heterocycles. The highest BCUT2D eigenvalue weighted by Crippen LogP contribution is 2.43. The summed E-state index contributed by atoms with van der Waals surface area (Å²) in [6.07, 6.45) is 9.54. The minimum atomic E-state index is 0.0603. The standard InChI is InChI=1S/C25H22N2O2/c28-22-15-21(16-26-17-22)19-5-3-6-20(14-19)24(29)27-12-10-25(11-13-27)9-8-18-4-1-2-7-23(18)25/h1-9,14-17,28H,10-13H2. The minimum absolute atomic E-state index is 0.0603. The third kappa shape index (κ3) is 3.11. The van der Waals surface area contributed by atoms with Gasteiger partial charge in [-0.2, -0.15) is 0 Å². The Hall–Kier alpha value is -3.40. The fraction of sp³-hybridized carbons (Fsp3) is 0.200. The maximum atomic E-state index is 13.1. The van der Waals surface area contributed by atoms with Crippen LogP contribution in [0, 0.1) is 0 Å². The van der Waals surface area contributed by atoms with Gasteiger partial charge >= 0.3 is 0 Å². The molecule has 1 aliphatic heterocycles. The van der Waals surface area contributed by atoms with Crippen LogP contribution in [0.5, 0.6) is 5.75 Å². The minimum Gasteiger partial charge on any atom is -0.506 e. The lowest BCUT2D eigenvalue weighted by Gasteiger charge is -2.39. The van der Waals surface area contributed by atoms with E-state index in [1.165, 1.54) is 17.3 Å². The molecule has 0 radical (unpaired) electrons. The molecular formula is C25H22N2O2. The van der Waals surface area contributed by atoms with Crippen LogP contribution < -0.4 is 0 Å². The molecule has 1 N–H and O–H groups in total. The fourth-order valence-electron chi connectivity index (χ4n) is 4.58. The van der Waals surface area contributed by atoms with Crippen molar-refractivity contribution in [3.63, 3.8) is 0 Å². The van der Waals surface area contributed by atoms with E-state index >= 15 is 0 Å². The van der Waals surface area contributed by atoms with E-state index in [0.717, 1.165) is 37.1 Å². The van der Waals surface area contributed by atoms with E-state index in [2.05, 4.69) is 41.4 Å². The lowest BCUT2D eigenvalue weighted by Crippen LogP contribution is -2.44. The number of hydrogen-bond donors (Lipinski definition) is 1. The molecule has 0 bridgehead atoms. The molecule has 2 aromatic carbocycles. The molecule has 29 heavy (non-hydrogen) atoms. The van der Waals surface area contributed by atoms with Crippen molar-refractivity contribution in [3.8, 4) is 16.9 Å². The number of hydrogen-bond acceptors (Lipinski definition) is 3. The van der Waals surface area contributed by atoms with E-state index in [4.69, 9.17) is 0 Å². The predicted molar refractivity (Wildman–Crippen MR) is 114 cm³/mol. The van der Waals surface area contributed by atoms with Gasteiger partial charge in [-0.15, -0.1) is 0 Å². The van der Waals surface area contributed by atoms with Crippen molar-refractivity contribution >= 4 is 12.0 Å². The average molecular weight is 382 g/mol. The number of allylic oxidation sites excluding steroid dienone is 1. The summed E-state index contributed by atoms with van der Waals surface area (Å²) >= 11 is 0. The monoisotopic (exact) mass is 382 g/mol. The van der Waals surface area contributed by atoms with Gasteiger partial charge in [0, 0.05) is 35.8 Å². The summed E-state index contributed by atoms with van der Waals surface area (Å²) < 4.78 is 0. The number of nitrogens with zero attached hydrogens (tertiary/aromatic N) is 2. The number of piperidine rings is 1. The highest BCUT2D eigenvalue weighted by atomic mass is 16.3. The quantitative estimate of drug-likeness (QED) is 0.702. The van der Waals surface area contributed by atoms with Crippen molar-refractivity contribution in [2.75, 3.05) is 13.1 Å². The summed E-state index contributed by atoms with van der Waals surface area (Å²) in [6, 6.07) is 17.8. The molecule has 1 spiro atoms. The molecule has 4 heteroatoms. The van der Waals surface area contributed by atoms with Gasteiger partial charge in [0.2, 0.25) is 0 Å². The average Bonchev–Trinajstić information content (AvgIpc) is 3.12. The van der Waals surface area contributed by atoms with Gasteiger partial charge in [-0.25, -0.2) is 0 Å². The smallest absolute Gasteiger partial charge is 0.253 e. The maximum absolute atomic E-state index is 13.1. The number of rotatable bonds is 2. The third-order valence-corrected chi connectivity index (χ3v) is 6.19. The summed E-state index contributed by atoms with van der Waals surface area (Å²) in [5.41, 5.74) is 5.11. The van der Waals surface area contributed by atoms with Crippen molar-refractivity contribution in [1.82, 2.24) is 9.88 Å². The predicted octanol–water partition coefficient (Wildman–Crippen LogP) is 4.66. The number of carbonyl (C=O) groups is 1. The summed E-state index contributed by atoms with van der Waals surface area (Å²) in [5.74, 6) is 0.176. The summed E-state index contributed by atoms with van der Waals surface area (Å²) in [5, 5.41) is 9.68. The number of likely N-dealkylation sites (tertiary alicyclic amines) is 1. The second-order valence-corrected chi connectivity index (χ2v) is 7.88. The van der Waals surface area contributed by atoms with Crippen molar-refractivity contribution < 1.29 is 9.90 Å². The molecule has 2 heterocycles. The number of aromatic hydroxyl groups is 1. The van der Waals surface area contributed by atoms with Gasteiger partial charge in [0.15, 0.2) is 0 Å². The molecular weight excluding hydrogens is 360 g/mol. The topological polar surface area (TPSA) is 53.4 Å². The molecule has 2 aliphatic rings. The van der Waals surface area contributed by atoms with Gasteiger partial charge in [-0.05, 0) is 47.7 Å². The van der Waals surface area contributed by atoms with Gasteiger partial charge < -0.3 is 10.0 Å². The van der Waals surface area contributed by atoms with Crippen LogP contribution >= 0.6 is 0 Å². The Bertz CT molecular complexity index is 1110. The Morgan fingerprint density at radius 3 is 2.62 bits per heavy atom. The molecule has 0 unspecified atom stereocenters. The van der Waals surface area contributed by atoms with Crippen molar-refractivity contribution in [2.45, 2.75) is 18.3 Å². The van der Waals surface area contributed by atoms with E-state index in [9.17, 15) is 9.90 Å². The highest BCUT2D eigenvalue weighted by Gasteiger charge is 2.38. The Kier molecular flexibility index (Phi) is 4.20. The highest BCUT2D eigenvalue weighted by molar-refractivity contribution is 5.95. The number of carbonyl (C=O) groups excluding carboxylic acids is 1. The maximum Gasteiger partial charge on any atom is 0.253 e. The van der Waals surface area contributed by atoms with Gasteiger partial charge in [0.05, 0.1) is 6.20 Å². The molecule has 1 aromatic heterocycles. The number of pyridine rings is 1. The Morgan fingerprint density at radius 2 is 1.79 bits per heavy atom. The van der Waals surface area contributed by atoms with Crippen LogP contribution in [0.1, 0.15) is 34.3 Å². The normalized spacial score (nSPS) is 16.8. The lowest BCUT2D eigenvalue weighted by molar-refractivity contribution is 0.0690. The summed E-state index contributed by atoms with van der Waals surface area (Å²) in [7, 11) is 0. The molecule has 3 aromatic rings. The first-order valence-corrected chi connectivity index (χ1v) is 9.97. The molecule has 0 atom stereocenters. The number of fused-ring (bicyclic) bond motifs is 2. The van der Waals surface area contributed by atoms with E-state index in [1.54, 1.807) is 12.3 Å². The molecule has 144 valence electrons. The zero-order valence-electron chi connectivity index (χ0n) is 16.1. The Morgan fingerprint density at radius 1 is 0.966 bits per heavy atom. The summed E-state index contributed by atoms with van der Waals surface area (Å²) in [4.78, 5) is 19.1. The van der Waals surface area contributed by atoms with Crippen LogP contribution in [0.2, 0.25) is 0 Å². The van der Waals surface area contributed by atoms with Crippen LogP contribution in [0.3, 0.4) is 0 Å². The van der Waals surface area contributed by atoms with E-state index < -0.39 is 0 Å². The molecule has 1 amide bonds. The van der Waals surface area contributed by atoms with Gasteiger partial charge in [0.1, 0.15) is 5.75 Å². The molecule has 1 aliphatic carbocycles. The molecule has 1 fully saturated rings. The molecule has 0 saturated carbocycles. The zero-order chi connectivity index (χ0) is 19.8. The van der Waals surface area contributed by atoms with E-state index in [1.807, 2.05) is 29.2 Å². The van der Waals surface area contributed by atoms with Gasteiger partial charge in [0.25, 0.3) is 5.91 Å². The Balaban J connectivity index is 1.34. The van der Waals surface area contributed by atoms with Crippen LogP contribution in [0.4, 0.5) is 0 Å². The summed E-state index contributed by atoms with van der Waals surface area (Å²) in [6.45, 7) is 1.49. The fourth-order valence-corrected chi connectivity index (χ4v) is 4.58. The first kappa shape index (κ1) is 17.7. The first-order valence-electron chi connectivity index (χ1n) is 9.97. The largest absolute Gasteiger partial charge is 0.506 e. The van der Waals surface area contributed by atoms with Crippen molar-refractivity contribution in [3.05, 3.63) is 89.8 Å². The van der Waals surface area contributed by atoms with E-state index in [0.29, 0.717) is 5.56 Å². The number of aromatic nitrogens is 1. The van der Waals surface area contributed by atoms with Crippen LogP contribution in [0.25, 0.3) is 17.2 Å². The lowest BCUT2D eigenvalue weighted by atomic mass is 9.74. The zero-order valence-corrected chi connectivity index (χ0v) is 16.1. The molecule has 4 nitrogen and oxygen atoms in total. The number of amides is 1. The molecule has 5 rings (SSSR count). The SMILES string of the molecule is O=C(c1cccc(-c2cncc(O)c2)c1)N1CCC2(C=Cc3ccccc32)CC1. The second-order valence-electron chi connectivity index (χ2n) is 7.88. The first-order chi connectivity index (χ1) is 14.1. The second kappa shape index (κ2) is 6.89. The van der Waals surface area contributed by atoms with Crippen LogP contribution in [-0.2, 0) is 5.41 Å².